The van der Waals surface area contributed by atoms with Gasteiger partial charge >= 0.3 is 0 Å². The molecule has 3 nitrogen and oxygen atoms in total. The first-order chi connectivity index (χ1) is 12.2. The Labute approximate surface area is 151 Å². The molecule has 3 rings (SSSR count). The molecule has 0 N–H and O–H groups in total. The van der Waals surface area contributed by atoms with E-state index in [2.05, 4.69) is 4.99 Å². The standard InChI is InChI=1S/C21H16ClNO2/c1-25-17-13-11-15(12-14-17)20(23-16-7-3-2-4-8-16)21(24)18-9-5-6-10-19(18)22/h2-14H,1H3. The van der Waals surface area contributed by atoms with Gasteiger partial charge in [-0.2, -0.15) is 0 Å². The fourth-order valence-electron chi connectivity index (χ4n) is 2.40. The summed E-state index contributed by atoms with van der Waals surface area (Å²) in [6.07, 6.45) is 0. The van der Waals surface area contributed by atoms with Crippen molar-refractivity contribution in [2.45, 2.75) is 0 Å². The molecule has 3 aromatic rings. The topological polar surface area (TPSA) is 38.7 Å². The summed E-state index contributed by atoms with van der Waals surface area (Å²) in [6, 6.07) is 23.6. The highest BCUT2D eigenvalue weighted by atomic mass is 35.5. The molecular formula is C21H16ClNO2. The molecule has 0 heterocycles. The molecule has 0 aromatic heterocycles. The molecule has 0 fully saturated rings. The van der Waals surface area contributed by atoms with Gasteiger partial charge in [0.1, 0.15) is 11.5 Å². The van der Waals surface area contributed by atoms with Crippen molar-refractivity contribution in [3.8, 4) is 5.75 Å². The first kappa shape index (κ1) is 16.9. The highest BCUT2D eigenvalue weighted by molar-refractivity contribution is 6.54. The summed E-state index contributed by atoms with van der Waals surface area (Å²) in [6.45, 7) is 0. The second kappa shape index (κ2) is 7.77. The van der Waals surface area contributed by atoms with Crippen LogP contribution in [0.15, 0.2) is 83.9 Å². The number of hydrogen-bond donors (Lipinski definition) is 0. The van der Waals surface area contributed by atoms with Crippen molar-refractivity contribution in [1.29, 1.82) is 0 Å². The Balaban J connectivity index is 2.10. The number of rotatable bonds is 5. The van der Waals surface area contributed by atoms with Crippen molar-refractivity contribution in [2.75, 3.05) is 7.11 Å². The summed E-state index contributed by atoms with van der Waals surface area (Å²) < 4.78 is 5.19. The maximum atomic E-state index is 13.1. The smallest absolute Gasteiger partial charge is 0.213 e. The van der Waals surface area contributed by atoms with Crippen molar-refractivity contribution in [3.63, 3.8) is 0 Å². The lowest BCUT2D eigenvalue weighted by Gasteiger charge is -2.09. The van der Waals surface area contributed by atoms with Crippen molar-refractivity contribution in [3.05, 3.63) is 95.0 Å². The Morgan fingerprint density at radius 3 is 2.16 bits per heavy atom. The van der Waals surface area contributed by atoms with Gasteiger partial charge in [-0.15, -0.1) is 0 Å². The van der Waals surface area contributed by atoms with Crippen LogP contribution in [0.2, 0.25) is 5.02 Å². The lowest BCUT2D eigenvalue weighted by atomic mass is 10.00. The van der Waals surface area contributed by atoms with E-state index in [0.717, 1.165) is 0 Å². The minimum atomic E-state index is -0.223. The average Bonchev–Trinajstić information content (AvgIpc) is 2.67. The Morgan fingerprint density at radius 2 is 1.52 bits per heavy atom. The van der Waals surface area contributed by atoms with E-state index in [1.54, 1.807) is 43.5 Å². The number of hydrogen-bond acceptors (Lipinski definition) is 3. The third kappa shape index (κ3) is 3.95. The number of aliphatic imine (C=N–C) groups is 1. The van der Waals surface area contributed by atoms with E-state index in [1.807, 2.05) is 42.5 Å². The Bertz CT molecular complexity index is 903. The predicted molar refractivity (Wildman–Crippen MR) is 101 cm³/mol. The van der Waals surface area contributed by atoms with E-state index in [-0.39, 0.29) is 5.78 Å². The highest BCUT2D eigenvalue weighted by Gasteiger charge is 2.19. The Morgan fingerprint density at radius 1 is 0.880 bits per heavy atom. The second-order valence-electron chi connectivity index (χ2n) is 5.33. The van der Waals surface area contributed by atoms with E-state index in [1.165, 1.54) is 0 Å². The first-order valence-corrected chi connectivity index (χ1v) is 8.14. The third-order valence-electron chi connectivity index (χ3n) is 3.69. The summed E-state index contributed by atoms with van der Waals surface area (Å²) in [5, 5.41) is 0.404. The van der Waals surface area contributed by atoms with Gasteiger partial charge in [0.25, 0.3) is 0 Å². The molecule has 3 aromatic carbocycles. The summed E-state index contributed by atoms with van der Waals surface area (Å²) in [5.41, 5.74) is 2.17. The zero-order valence-corrected chi connectivity index (χ0v) is 14.4. The van der Waals surface area contributed by atoms with Crippen molar-refractivity contribution in [1.82, 2.24) is 0 Å². The van der Waals surface area contributed by atoms with Crippen LogP contribution in [0.25, 0.3) is 0 Å². The molecule has 0 saturated carbocycles. The van der Waals surface area contributed by atoms with E-state index < -0.39 is 0 Å². The van der Waals surface area contributed by atoms with Crippen LogP contribution in [0.5, 0.6) is 5.75 Å². The van der Waals surface area contributed by atoms with Crippen LogP contribution in [0.3, 0.4) is 0 Å². The number of carbonyl (C=O) groups excluding carboxylic acids is 1. The van der Waals surface area contributed by atoms with Crippen LogP contribution in [0, 0.1) is 0 Å². The second-order valence-corrected chi connectivity index (χ2v) is 5.74. The monoisotopic (exact) mass is 349 g/mol. The minimum absolute atomic E-state index is 0.223. The molecule has 0 bridgehead atoms. The van der Waals surface area contributed by atoms with Crippen LogP contribution < -0.4 is 4.74 Å². The SMILES string of the molecule is COc1ccc(C(=Nc2ccccc2)C(=O)c2ccccc2Cl)cc1. The summed E-state index contributed by atoms with van der Waals surface area (Å²) in [4.78, 5) is 17.6. The number of carbonyl (C=O) groups is 1. The van der Waals surface area contributed by atoms with E-state index in [4.69, 9.17) is 16.3 Å². The van der Waals surface area contributed by atoms with E-state index >= 15 is 0 Å². The Hall–Kier alpha value is -2.91. The van der Waals surface area contributed by atoms with Crippen LogP contribution in [0.4, 0.5) is 5.69 Å². The molecule has 25 heavy (non-hydrogen) atoms. The molecule has 0 unspecified atom stereocenters. The summed E-state index contributed by atoms with van der Waals surface area (Å²) in [5.74, 6) is 0.493. The molecule has 0 atom stereocenters. The van der Waals surface area contributed by atoms with Gasteiger partial charge in [0, 0.05) is 11.1 Å². The maximum Gasteiger partial charge on any atom is 0.213 e. The molecule has 0 aliphatic heterocycles. The maximum absolute atomic E-state index is 13.1. The van der Waals surface area contributed by atoms with Gasteiger partial charge in [-0.1, -0.05) is 41.9 Å². The molecule has 0 radical (unpaired) electrons. The van der Waals surface area contributed by atoms with Gasteiger partial charge in [0.2, 0.25) is 5.78 Å². The van der Waals surface area contributed by atoms with E-state index in [0.29, 0.717) is 33.3 Å². The van der Waals surface area contributed by atoms with Gasteiger partial charge in [-0.05, 0) is 48.5 Å². The van der Waals surface area contributed by atoms with Gasteiger partial charge < -0.3 is 4.74 Å². The number of ether oxygens (including phenoxy) is 1. The van der Waals surface area contributed by atoms with Crippen LogP contribution in [-0.2, 0) is 0 Å². The minimum Gasteiger partial charge on any atom is -0.497 e. The first-order valence-electron chi connectivity index (χ1n) is 7.76. The van der Waals surface area contributed by atoms with Crippen molar-refractivity contribution < 1.29 is 9.53 Å². The van der Waals surface area contributed by atoms with Gasteiger partial charge in [0.15, 0.2) is 0 Å². The summed E-state index contributed by atoms with van der Waals surface area (Å²) in [7, 11) is 1.60. The lowest BCUT2D eigenvalue weighted by Crippen LogP contribution is -2.16. The molecule has 0 spiro atoms. The zero-order valence-electron chi connectivity index (χ0n) is 13.6. The lowest BCUT2D eigenvalue weighted by molar-refractivity contribution is 0.106. The highest BCUT2D eigenvalue weighted by Crippen LogP contribution is 2.22. The number of benzene rings is 3. The van der Waals surface area contributed by atoms with E-state index in [9.17, 15) is 4.79 Å². The number of halogens is 1. The quantitative estimate of drug-likeness (QED) is 0.460. The normalized spacial score (nSPS) is 11.2. The fraction of sp³-hybridized carbons (Fsp3) is 0.0476. The molecule has 0 aliphatic rings. The van der Waals surface area contributed by atoms with Crippen LogP contribution in [0.1, 0.15) is 15.9 Å². The Kier molecular flexibility index (Phi) is 5.26. The number of methoxy groups -OCH3 is 1. The molecule has 0 saturated heterocycles. The zero-order chi connectivity index (χ0) is 17.6. The molecule has 4 heteroatoms. The van der Waals surface area contributed by atoms with Crippen LogP contribution in [-0.4, -0.2) is 18.6 Å². The summed E-state index contributed by atoms with van der Waals surface area (Å²) >= 11 is 6.21. The third-order valence-corrected chi connectivity index (χ3v) is 4.02. The van der Waals surface area contributed by atoms with Gasteiger partial charge in [0.05, 0.1) is 17.8 Å². The number of nitrogens with zero attached hydrogens (tertiary/aromatic N) is 1. The molecule has 124 valence electrons. The molecule has 0 amide bonds. The van der Waals surface area contributed by atoms with Gasteiger partial charge in [-0.25, -0.2) is 4.99 Å². The largest absolute Gasteiger partial charge is 0.497 e. The van der Waals surface area contributed by atoms with Crippen LogP contribution >= 0.6 is 11.6 Å². The molecule has 0 aliphatic carbocycles. The number of para-hydroxylation sites is 1. The number of ketones is 1. The predicted octanol–water partition coefficient (Wildman–Crippen LogP) is 5.35. The van der Waals surface area contributed by atoms with Crippen molar-refractivity contribution >= 4 is 28.8 Å². The van der Waals surface area contributed by atoms with Crippen molar-refractivity contribution in [2.24, 2.45) is 4.99 Å². The van der Waals surface area contributed by atoms with Gasteiger partial charge in [-0.3, -0.25) is 4.79 Å². The number of Topliss-reactive ketones (excluding diaryl/α,β-unsaturated/α-hetero) is 1. The molecular weight excluding hydrogens is 334 g/mol. The average molecular weight is 350 g/mol. The fourth-order valence-corrected chi connectivity index (χ4v) is 2.62.